The summed E-state index contributed by atoms with van der Waals surface area (Å²) in [5, 5.41) is 3.29. The van der Waals surface area contributed by atoms with Gasteiger partial charge in [0.25, 0.3) is 0 Å². The van der Waals surface area contributed by atoms with E-state index in [2.05, 4.69) is 74.3 Å². The fourth-order valence-electron chi connectivity index (χ4n) is 3.57. The van der Waals surface area contributed by atoms with Crippen molar-refractivity contribution >= 4 is 17.3 Å². The standard InChI is InChI=1S/C22H29N3O/c1-16-8-9-20(18(3)14-16)23-15-22(26)25-12-10-24(11-13-25)21-7-5-6-17(2)19(21)4/h5-9,14,23H,10-13,15H2,1-4H3. The summed E-state index contributed by atoms with van der Waals surface area (Å²) in [7, 11) is 0. The average Bonchev–Trinajstić information content (AvgIpc) is 2.63. The van der Waals surface area contributed by atoms with Gasteiger partial charge in [0.1, 0.15) is 0 Å². The zero-order valence-electron chi connectivity index (χ0n) is 16.3. The van der Waals surface area contributed by atoms with Gasteiger partial charge < -0.3 is 15.1 Å². The lowest BCUT2D eigenvalue weighted by Crippen LogP contribution is -2.50. The molecule has 0 spiro atoms. The van der Waals surface area contributed by atoms with E-state index in [1.165, 1.54) is 27.9 Å². The molecule has 1 N–H and O–H groups in total. The second-order valence-corrected chi connectivity index (χ2v) is 7.26. The van der Waals surface area contributed by atoms with Crippen LogP contribution in [0.25, 0.3) is 0 Å². The summed E-state index contributed by atoms with van der Waals surface area (Å²) < 4.78 is 0. The Kier molecular flexibility index (Phi) is 5.50. The molecule has 3 rings (SSSR count). The van der Waals surface area contributed by atoms with Gasteiger partial charge in [0.05, 0.1) is 6.54 Å². The van der Waals surface area contributed by atoms with E-state index in [0.29, 0.717) is 6.54 Å². The van der Waals surface area contributed by atoms with Crippen molar-refractivity contribution in [3.8, 4) is 0 Å². The summed E-state index contributed by atoms with van der Waals surface area (Å²) in [4.78, 5) is 16.9. The molecule has 1 aliphatic rings. The van der Waals surface area contributed by atoms with Crippen LogP contribution in [-0.2, 0) is 4.79 Å². The molecule has 4 nitrogen and oxygen atoms in total. The number of hydrogen-bond donors (Lipinski definition) is 1. The quantitative estimate of drug-likeness (QED) is 0.913. The first-order valence-corrected chi connectivity index (χ1v) is 9.36. The highest BCUT2D eigenvalue weighted by molar-refractivity contribution is 5.81. The van der Waals surface area contributed by atoms with Gasteiger partial charge in [0.2, 0.25) is 5.91 Å². The third-order valence-corrected chi connectivity index (χ3v) is 5.36. The van der Waals surface area contributed by atoms with Crippen LogP contribution in [-0.4, -0.2) is 43.5 Å². The molecule has 0 aromatic heterocycles. The van der Waals surface area contributed by atoms with Crippen LogP contribution in [0.1, 0.15) is 22.3 Å². The Morgan fingerprint density at radius 1 is 0.962 bits per heavy atom. The Morgan fingerprint density at radius 3 is 2.38 bits per heavy atom. The number of aryl methyl sites for hydroxylation is 3. The molecule has 0 radical (unpaired) electrons. The van der Waals surface area contributed by atoms with Crippen molar-refractivity contribution in [1.29, 1.82) is 0 Å². The average molecular weight is 351 g/mol. The zero-order chi connectivity index (χ0) is 18.7. The topological polar surface area (TPSA) is 35.6 Å². The van der Waals surface area contributed by atoms with Crippen LogP contribution >= 0.6 is 0 Å². The fourth-order valence-corrected chi connectivity index (χ4v) is 3.57. The molecule has 138 valence electrons. The van der Waals surface area contributed by atoms with E-state index in [9.17, 15) is 4.79 Å². The van der Waals surface area contributed by atoms with Crippen molar-refractivity contribution < 1.29 is 4.79 Å². The third kappa shape index (κ3) is 4.01. The minimum atomic E-state index is 0.172. The number of hydrogen-bond acceptors (Lipinski definition) is 3. The van der Waals surface area contributed by atoms with Crippen LogP contribution in [0.3, 0.4) is 0 Å². The lowest BCUT2D eigenvalue weighted by molar-refractivity contribution is -0.129. The number of carbonyl (C=O) groups excluding carboxylic acids is 1. The summed E-state index contributed by atoms with van der Waals surface area (Å²) in [6.45, 7) is 12.2. The summed E-state index contributed by atoms with van der Waals surface area (Å²) in [5.74, 6) is 0.172. The molecule has 1 fully saturated rings. The van der Waals surface area contributed by atoms with Crippen LogP contribution in [0, 0.1) is 27.7 Å². The van der Waals surface area contributed by atoms with Crippen LogP contribution in [0.5, 0.6) is 0 Å². The molecular formula is C22H29N3O. The summed E-state index contributed by atoms with van der Waals surface area (Å²) in [6, 6.07) is 12.7. The molecule has 0 atom stereocenters. The van der Waals surface area contributed by atoms with E-state index in [0.717, 1.165) is 31.9 Å². The van der Waals surface area contributed by atoms with E-state index >= 15 is 0 Å². The Labute approximate surface area is 156 Å². The second kappa shape index (κ2) is 7.81. The number of benzene rings is 2. The molecular weight excluding hydrogens is 322 g/mol. The molecule has 2 aromatic rings. The number of nitrogens with one attached hydrogen (secondary N) is 1. The minimum Gasteiger partial charge on any atom is -0.376 e. The molecule has 1 saturated heterocycles. The van der Waals surface area contributed by atoms with Crippen molar-refractivity contribution in [3.63, 3.8) is 0 Å². The van der Waals surface area contributed by atoms with Crippen molar-refractivity contribution in [2.24, 2.45) is 0 Å². The molecule has 0 aliphatic carbocycles. The lowest BCUT2D eigenvalue weighted by atomic mass is 10.1. The van der Waals surface area contributed by atoms with E-state index in [1.54, 1.807) is 0 Å². The second-order valence-electron chi connectivity index (χ2n) is 7.26. The van der Waals surface area contributed by atoms with Crippen LogP contribution in [0.4, 0.5) is 11.4 Å². The summed E-state index contributed by atoms with van der Waals surface area (Å²) >= 11 is 0. The minimum absolute atomic E-state index is 0.172. The van der Waals surface area contributed by atoms with Gasteiger partial charge in [-0.1, -0.05) is 29.8 Å². The lowest BCUT2D eigenvalue weighted by Gasteiger charge is -2.37. The number of rotatable bonds is 4. The molecule has 0 bridgehead atoms. The molecule has 0 saturated carbocycles. The first-order valence-electron chi connectivity index (χ1n) is 9.36. The van der Waals surface area contributed by atoms with Crippen molar-refractivity contribution in [2.75, 3.05) is 42.9 Å². The van der Waals surface area contributed by atoms with E-state index < -0.39 is 0 Å². The molecule has 1 heterocycles. The molecule has 1 aliphatic heterocycles. The maximum Gasteiger partial charge on any atom is 0.241 e. The predicted molar refractivity (Wildman–Crippen MR) is 109 cm³/mol. The highest BCUT2D eigenvalue weighted by atomic mass is 16.2. The Balaban J connectivity index is 1.54. The fraction of sp³-hybridized carbons (Fsp3) is 0.409. The molecule has 4 heteroatoms. The molecule has 2 aromatic carbocycles. The highest BCUT2D eigenvalue weighted by Gasteiger charge is 2.22. The Morgan fingerprint density at radius 2 is 1.69 bits per heavy atom. The monoisotopic (exact) mass is 351 g/mol. The predicted octanol–water partition coefficient (Wildman–Crippen LogP) is 3.68. The SMILES string of the molecule is Cc1ccc(NCC(=O)N2CCN(c3cccc(C)c3C)CC2)c(C)c1. The van der Waals surface area contributed by atoms with Crippen molar-refractivity contribution in [1.82, 2.24) is 4.90 Å². The normalized spacial score (nSPS) is 14.5. The van der Waals surface area contributed by atoms with Crippen LogP contribution < -0.4 is 10.2 Å². The molecule has 26 heavy (non-hydrogen) atoms. The van der Waals surface area contributed by atoms with Gasteiger partial charge in [0, 0.05) is 37.6 Å². The smallest absolute Gasteiger partial charge is 0.241 e. The summed E-state index contributed by atoms with van der Waals surface area (Å²) in [5.41, 5.74) is 7.41. The van der Waals surface area contributed by atoms with E-state index in [1.807, 2.05) is 4.90 Å². The number of anilines is 2. The van der Waals surface area contributed by atoms with Crippen LogP contribution in [0.15, 0.2) is 36.4 Å². The van der Waals surface area contributed by atoms with Gasteiger partial charge in [0.15, 0.2) is 0 Å². The maximum atomic E-state index is 12.6. The van der Waals surface area contributed by atoms with E-state index in [4.69, 9.17) is 0 Å². The van der Waals surface area contributed by atoms with E-state index in [-0.39, 0.29) is 5.91 Å². The Bertz CT molecular complexity index is 792. The third-order valence-electron chi connectivity index (χ3n) is 5.36. The zero-order valence-corrected chi connectivity index (χ0v) is 16.3. The number of piperazine rings is 1. The van der Waals surface area contributed by atoms with Gasteiger partial charge in [-0.05, 0) is 56.5 Å². The van der Waals surface area contributed by atoms with Crippen molar-refractivity contribution in [2.45, 2.75) is 27.7 Å². The van der Waals surface area contributed by atoms with Gasteiger partial charge >= 0.3 is 0 Å². The van der Waals surface area contributed by atoms with Gasteiger partial charge in [-0.15, -0.1) is 0 Å². The first kappa shape index (κ1) is 18.3. The van der Waals surface area contributed by atoms with Crippen molar-refractivity contribution in [3.05, 3.63) is 58.7 Å². The molecule has 0 unspecified atom stereocenters. The first-order chi connectivity index (χ1) is 12.5. The van der Waals surface area contributed by atoms with Gasteiger partial charge in [-0.2, -0.15) is 0 Å². The van der Waals surface area contributed by atoms with Gasteiger partial charge in [-0.25, -0.2) is 0 Å². The molecule has 1 amide bonds. The number of amides is 1. The maximum absolute atomic E-state index is 12.6. The largest absolute Gasteiger partial charge is 0.376 e. The van der Waals surface area contributed by atoms with Crippen LogP contribution in [0.2, 0.25) is 0 Å². The highest BCUT2D eigenvalue weighted by Crippen LogP contribution is 2.24. The summed E-state index contributed by atoms with van der Waals surface area (Å²) in [6.07, 6.45) is 0. The number of carbonyl (C=O) groups is 1. The Hall–Kier alpha value is -2.49. The number of nitrogens with zero attached hydrogens (tertiary/aromatic N) is 2. The van der Waals surface area contributed by atoms with Gasteiger partial charge in [-0.3, -0.25) is 4.79 Å².